The summed E-state index contributed by atoms with van der Waals surface area (Å²) in [4.78, 5) is 7.96. The fraction of sp³-hybridized carbons (Fsp3) is 0.562. The van der Waals surface area contributed by atoms with Crippen molar-refractivity contribution in [3.05, 3.63) is 34.9 Å². The fourth-order valence-corrected chi connectivity index (χ4v) is 3.22. The van der Waals surface area contributed by atoms with E-state index in [2.05, 4.69) is 10.1 Å². The van der Waals surface area contributed by atoms with Crippen LogP contribution in [0.3, 0.4) is 0 Å². The van der Waals surface area contributed by atoms with Gasteiger partial charge in [-0.25, -0.2) is 0 Å². The number of hydrogen-bond acceptors (Lipinski definition) is 4. The van der Waals surface area contributed by atoms with Crippen LogP contribution in [0.15, 0.2) is 29.4 Å². The first kappa shape index (κ1) is 14.8. The van der Waals surface area contributed by atoms with Gasteiger partial charge in [-0.05, 0) is 43.0 Å². The molecule has 1 saturated heterocycles. The van der Waals surface area contributed by atoms with E-state index >= 15 is 0 Å². The van der Waals surface area contributed by atoms with Crippen molar-refractivity contribution in [1.82, 2.24) is 4.90 Å². The van der Waals surface area contributed by atoms with Gasteiger partial charge in [0.1, 0.15) is 6.10 Å². The van der Waals surface area contributed by atoms with E-state index in [9.17, 15) is 5.11 Å². The van der Waals surface area contributed by atoms with E-state index in [1.165, 1.54) is 0 Å². The van der Waals surface area contributed by atoms with E-state index in [1.807, 2.05) is 24.3 Å². The zero-order valence-corrected chi connectivity index (χ0v) is 12.8. The van der Waals surface area contributed by atoms with Gasteiger partial charge in [0.2, 0.25) is 0 Å². The molecule has 2 unspecified atom stereocenters. The van der Waals surface area contributed by atoms with Gasteiger partial charge in [0.25, 0.3) is 0 Å². The normalized spacial score (nSPS) is 26.5. The van der Waals surface area contributed by atoms with Crippen LogP contribution in [0.5, 0.6) is 0 Å². The third kappa shape index (κ3) is 3.76. The number of benzene rings is 1. The molecular formula is C16H21ClN2O2. The molecule has 0 radical (unpaired) electrons. The van der Waals surface area contributed by atoms with Gasteiger partial charge in [-0.3, -0.25) is 4.90 Å². The lowest BCUT2D eigenvalue weighted by Gasteiger charge is -2.32. The smallest absolute Gasteiger partial charge is 0.145 e. The molecule has 1 N–H and O–H groups in total. The quantitative estimate of drug-likeness (QED) is 0.929. The van der Waals surface area contributed by atoms with Crippen LogP contribution in [-0.2, 0) is 4.84 Å². The van der Waals surface area contributed by atoms with Crippen LogP contribution in [0.1, 0.15) is 24.8 Å². The molecule has 0 aliphatic carbocycles. The number of halogens is 1. The van der Waals surface area contributed by atoms with Crippen molar-refractivity contribution >= 4 is 17.3 Å². The summed E-state index contributed by atoms with van der Waals surface area (Å²) in [6, 6.07) is 7.72. The lowest BCUT2D eigenvalue weighted by atomic mass is 9.98. The van der Waals surface area contributed by atoms with E-state index in [4.69, 9.17) is 16.4 Å². The van der Waals surface area contributed by atoms with Gasteiger partial charge in [0.05, 0.1) is 5.71 Å². The Morgan fingerprint density at radius 1 is 1.33 bits per heavy atom. The summed E-state index contributed by atoms with van der Waals surface area (Å²) in [5.41, 5.74) is 2.07. The Balaban J connectivity index is 1.53. The first-order chi connectivity index (χ1) is 10.2. The zero-order chi connectivity index (χ0) is 14.7. The van der Waals surface area contributed by atoms with Crippen molar-refractivity contribution in [2.45, 2.75) is 25.4 Å². The molecule has 1 aromatic rings. The molecule has 1 fully saturated rings. The highest BCUT2D eigenvalue weighted by atomic mass is 35.5. The molecule has 2 aliphatic heterocycles. The Kier molecular flexibility index (Phi) is 4.78. The summed E-state index contributed by atoms with van der Waals surface area (Å²) in [7, 11) is 0. The summed E-state index contributed by atoms with van der Waals surface area (Å²) in [5, 5.41) is 14.2. The van der Waals surface area contributed by atoms with Crippen molar-refractivity contribution in [2.24, 2.45) is 11.1 Å². The third-order valence-electron chi connectivity index (χ3n) is 4.23. The second kappa shape index (κ2) is 6.77. The molecule has 5 heteroatoms. The lowest BCUT2D eigenvalue weighted by Crippen LogP contribution is -2.41. The molecule has 0 saturated carbocycles. The highest BCUT2D eigenvalue weighted by molar-refractivity contribution is 6.30. The van der Waals surface area contributed by atoms with Crippen molar-refractivity contribution in [3.63, 3.8) is 0 Å². The van der Waals surface area contributed by atoms with E-state index in [0.717, 1.165) is 55.2 Å². The fourth-order valence-electron chi connectivity index (χ4n) is 3.09. The molecule has 1 aromatic carbocycles. The second-order valence-electron chi connectivity index (χ2n) is 5.93. The van der Waals surface area contributed by atoms with Crippen LogP contribution in [0, 0.1) is 5.92 Å². The molecule has 2 heterocycles. The van der Waals surface area contributed by atoms with Gasteiger partial charge in [0.15, 0.2) is 0 Å². The molecular weight excluding hydrogens is 288 g/mol. The van der Waals surface area contributed by atoms with Crippen LogP contribution in [-0.4, -0.2) is 48.1 Å². The largest absolute Gasteiger partial charge is 0.396 e. The van der Waals surface area contributed by atoms with Crippen LogP contribution in [0.25, 0.3) is 0 Å². The first-order valence-corrected chi connectivity index (χ1v) is 7.94. The highest BCUT2D eigenvalue weighted by Gasteiger charge is 2.27. The monoisotopic (exact) mass is 308 g/mol. The van der Waals surface area contributed by atoms with E-state index in [-0.39, 0.29) is 12.7 Å². The number of rotatable bonds is 4. The van der Waals surface area contributed by atoms with Crippen LogP contribution in [0.2, 0.25) is 5.02 Å². The van der Waals surface area contributed by atoms with Crippen molar-refractivity contribution < 1.29 is 9.94 Å². The molecule has 21 heavy (non-hydrogen) atoms. The standard InChI is InChI=1S/C16H21ClN2O2/c17-14-5-3-13(4-6-14)16-8-15(21-18-16)10-19-7-1-2-12(9-19)11-20/h3-6,12,15,20H,1-2,7-11H2. The molecule has 4 nitrogen and oxygen atoms in total. The number of hydrogen-bond donors (Lipinski definition) is 1. The average Bonchev–Trinajstić information content (AvgIpc) is 2.96. The van der Waals surface area contributed by atoms with Crippen LogP contribution < -0.4 is 0 Å². The molecule has 3 rings (SSSR count). The third-order valence-corrected chi connectivity index (χ3v) is 4.49. The number of oxime groups is 1. The number of aliphatic hydroxyl groups excluding tert-OH is 1. The topological polar surface area (TPSA) is 45.1 Å². The average molecular weight is 309 g/mol. The minimum Gasteiger partial charge on any atom is -0.396 e. The predicted octanol–water partition coefficient (Wildman–Crippen LogP) is 2.54. The minimum atomic E-state index is 0.119. The Morgan fingerprint density at radius 3 is 2.90 bits per heavy atom. The van der Waals surface area contributed by atoms with Crippen molar-refractivity contribution in [1.29, 1.82) is 0 Å². The Morgan fingerprint density at radius 2 is 2.14 bits per heavy atom. The molecule has 0 bridgehead atoms. The predicted molar refractivity (Wildman–Crippen MR) is 83.7 cm³/mol. The van der Waals surface area contributed by atoms with E-state index < -0.39 is 0 Å². The second-order valence-corrected chi connectivity index (χ2v) is 6.36. The minimum absolute atomic E-state index is 0.119. The van der Waals surface area contributed by atoms with Gasteiger partial charge >= 0.3 is 0 Å². The summed E-state index contributed by atoms with van der Waals surface area (Å²) in [6.07, 6.45) is 3.24. The van der Waals surface area contributed by atoms with Gasteiger partial charge in [-0.1, -0.05) is 28.9 Å². The molecule has 2 atom stereocenters. The maximum Gasteiger partial charge on any atom is 0.145 e. The lowest BCUT2D eigenvalue weighted by molar-refractivity contribution is 0.0326. The summed E-state index contributed by atoms with van der Waals surface area (Å²) >= 11 is 5.91. The molecule has 0 spiro atoms. The van der Waals surface area contributed by atoms with E-state index in [1.54, 1.807) is 0 Å². The Labute approximate surface area is 130 Å². The first-order valence-electron chi connectivity index (χ1n) is 7.56. The number of piperidine rings is 1. The van der Waals surface area contributed by atoms with Crippen LogP contribution >= 0.6 is 11.6 Å². The van der Waals surface area contributed by atoms with Gasteiger partial charge < -0.3 is 9.94 Å². The summed E-state index contributed by atoms with van der Waals surface area (Å²) in [6.45, 7) is 3.23. The highest BCUT2D eigenvalue weighted by Crippen LogP contribution is 2.22. The van der Waals surface area contributed by atoms with Gasteiger partial charge in [-0.2, -0.15) is 0 Å². The SMILES string of the molecule is OCC1CCCN(CC2CC(c3ccc(Cl)cc3)=NO2)C1. The Bertz CT molecular complexity index is 504. The van der Waals surface area contributed by atoms with Gasteiger partial charge in [-0.15, -0.1) is 0 Å². The van der Waals surface area contributed by atoms with E-state index in [0.29, 0.717) is 5.92 Å². The Hall–Kier alpha value is -1.10. The number of aliphatic hydroxyl groups is 1. The number of likely N-dealkylation sites (tertiary alicyclic amines) is 1. The van der Waals surface area contributed by atoms with Crippen LogP contribution in [0.4, 0.5) is 0 Å². The van der Waals surface area contributed by atoms with Crippen molar-refractivity contribution in [2.75, 3.05) is 26.2 Å². The molecule has 0 aromatic heterocycles. The maximum absolute atomic E-state index is 9.29. The summed E-state index contributed by atoms with van der Waals surface area (Å²) in [5.74, 6) is 0.414. The maximum atomic E-state index is 9.29. The molecule has 0 amide bonds. The molecule has 114 valence electrons. The zero-order valence-electron chi connectivity index (χ0n) is 12.0. The number of nitrogens with zero attached hydrogens (tertiary/aromatic N) is 2. The van der Waals surface area contributed by atoms with Gasteiger partial charge in [0, 0.05) is 31.1 Å². The van der Waals surface area contributed by atoms with Crippen molar-refractivity contribution in [3.8, 4) is 0 Å². The molecule has 2 aliphatic rings. The summed E-state index contributed by atoms with van der Waals surface area (Å²) < 4.78 is 0.